The number of nitro groups is 1. The van der Waals surface area contributed by atoms with Crippen LogP contribution in [0.3, 0.4) is 0 Å². The largest absolute Gasteiger partial charge is 0.375 e. The van der Waals surface area contributed by atoms with Gasteiger partial charge in [0.25, 0.3) is 5.69 Å². The molecule has 1 aliphatic rings. The van der Waals surface area contributed by atoms with Gasteiger partial charge in [-0.1, -0.05) is 0 Å². The Hall–Kier alpha value is -2.74. The normalized spacial score (nSPS) is 14.9. The van der Waals surface area contributed by atoms with Crippen molar-refractivity contribution in [2.75, 3.05) is 44.8 Å². The van der Waals surface area contributed by atoms with E-state index >= 15 is 0 Å². The molecule has 8 nitrogen and oxygen atoms in total. The van der Waals surface area contributed by atoms with E-state index in [9.17, 15) is 14.9 Å². The van der Waals surface area contributed by atoms with Crippen molar-refractivity contribution in [1.29, 1.82) is 0 Å². The number of hydrogen-bond acceptors (Lipinski definition) is 6. The summed E-state index contributed by atoms with van der Waals surface area (Å²) in [6, 6.07) is 5.08. The summed E-state index contributed by atoms with van der Waals surface area (Å²) in [4.78, 5) is 30.6. The van der Waals surface area contributed by atoms with Crippen LogP contribution >= 0.6 is 0 Å². The number of aromatic nitrogens is 1. The number of pyridine rings is 1. The SMILES string of the molecule is COCC(=O)N1CCN(c2ccc([N+](=O)[O-])c3cnccc23)CC1. The van der Waals surface area contributed by atoms with E-state index in [1.165, 1.54) is 19.4 Å². The van der Waals surface area contributed by atoms with Crippen molar-refractivity contribution in [3.05, 3.63) is 40.7 Å². The number of anilines is 1. The van der Waals surface area contributed by atoms with Crippen molar-refractivity contribution in [2.45, 2.75) is 0 Å². The molecule has 0 saturated carbocycles. The van der Waals surface area contributed by atoms with E-state index in [1.807, 2.05) is 0 Å². The molecular formula is C16H18N4O4. The Balaban J connectivity index is 1.85. The first-order valence-corrected chi connectivity index (χ1v) is 7.64. The van der Waals surface area contributed by atoms with Crippen LogP contribution in [0.5, 0.6) is 0 Å². The standard InChI is InChI=1S/C16H18N4O4/c1-24-11-16(21)19-8-6-18(7-9-19)14-2-3-15(20(22)23)13-10-17-5-4-12(13)14/h2-5,10H,6-9,11H2,1H3. The third-order valence-corrected chi connectivity index (χ3v) is 4.21. The molecule has 0 aliphatic carbocycles. The number of non-ortho nitro benzene ring substituents is 1. The van der Waals surface area contributed by atoms with E-state index in [1.54, 1.807) is 23.2 Å². The Kier molecular flexibility index (Phi) is 4.57. The number of ether oxygens (including phenoxy) is 1. The molecule has 1 amide bonds. The predicted molar refractivity (Wildman–Crippen MR) is 89.1 cm³/mol. The maximum atomic E-state index is 11.9. The first-order chi connectivity index (χ1) is 11.6. The van der Waals surface area contributed by atoms with E-state index in [4.69, 9.17) is 4.74 Å². The Morgan fingerprint density at radius 1 is 1.25 bits per heavy atom. The number of fused-ring (bicyclic) bond motifs is 1. The van der Waals surface area contributed by atoms with Crippen molar-refractivity contribution >= 4 is 28.1 Å². The zero-order valence-electron chi connectivity index (χ0n) is 13.3. The maximum absolute atomic E-state index is 11.9. The summed E-state index contributed by atoms with van der Waals surface area (Å²) >= 11 is 0. The van der Waals surface area contributed by atoms with Crippen LogP contribution in [0, 0.1) is 10.1 Å². The Morgan fingerprint density at radius 3 is 2.67 bits per heavy atom. The molecule has 2 heterocycles. The molecule has 0 N–H and O–H groups in total. The Bertz CT molecular complexity index is 772. The average molecular weight is 330 g/mol. The second-order valence-corrected chi connectivity index (χ2v) is 5.58. The molecule has 0 unspecified atom stereocenters. The summed E-state index contributed by atoms with van der Waals surface area (Å²) in [5.74, 6) is -0.0186. The van der Waals surface area contributed by atoms with Crippen LogP contribution in [0.15, 0.2) is 30.6 Å². The van der Waals surface area contributed by atoms with Crippen LogP contribution < -0.4 is 4.90 Å². The quantitative estimate of drug-likeness (QED) is 0.622. The van der Waals surface area contributed by atoms with Crippen LogP contribution in [-0.2, 0) is 9.53 Å². The molecule has 1 aliphatic heterocycles. The summed E-state index contributed by atoms with van der Waals surface area (Å²) in [7, 11) is 1.51. The topological polar surface area (TPSA) is 88.8 Å². The van der Waals surface area contributed by atoms with Crippen molar-refractivity contribution in [2.24, 2.45) is 0 Å². The fourth-order valence-corrected chi connectivity index (χ4v) is 3.01. The smallest absolute Gasteiger partial charge is 0.278 e. The zero-order valence-corrected chi connectivity index (χ0v) is 13.3. The molecule has 1 aromatic carbocycles. The van der Waals surface area contributed by atoms with E-state index in [-0.39, 0.29) is 18.2 Å². The van der Waals surface area contributed by atoms with Gasteiger partial charge in [-0.15, -0.1) is 0 Å². The molecular weight excluding hydrogens is 312 g/mol. The molecule has 1 fully saturated rings. The molecule has 0 atom stereocenters. The number of carbonyl (C=O) groups is 1. The van der Waals surface area contributed by atoms with Crippen LogP contribution in [0.4, 0.5) is 11.4 Å². The molecule has 8 heteroatoms. The van der Waals surface area contributed by atoms with E-state index < -0.39 is 4.92 Å². The molecule has 0 bridgehead atoms. The monoisotopic (exact) mass is 330 g/mol. The summed E-state index contributed by atoms with van der Waals surface area (Å²) in [5, 5.41) is 12.5. The number of nitro benzene ring substituents is 1. The van der Waals surface area contributed by atoms with Gasteiger partial charge in [-0.05, 0) is 12.1 Å². The minimum Gasteiger partial charge on any atom is -0.375 e. The lowest BCUT2D eigenvalue weighted by atomic mass is 10.1. The summed E-state index contributed by atoms with van der Waals surface area (Å²) < 4.78 is 4.89. The van der Waals surface area contributed by atoms with Gasteiger partial charge in [0.2, 0.25) is 5.91 Å². The summed E-state index contributed by atoms with van der Waals surface area (Å²) in [6.07, 6.45) is 3.16. The number of piperazine rings is 1. The summed E-state index contributed by atoms with van der Waals surface area (Å²) in [6.45, 7) is 2.64. The van der Waals surface area contributed by atoms with Crippen LogP contribution in [0.25, 0.3) is 10.8 Å². The highest BCUT2D eigenvalue weighted by Crippen LogP contribution is 2.33. The molecule has 1 aromatic heterocycles. The van der Waals surface area contributed by atoms with E-state index in [0.717, 1.165) is 11.1 Å². The predicted octanol–water partition coefficient (Wildman–Crippen LogP) is 1.44. The lowest BCUT2D eigenvalue weighted by Gasteiger charge is -2.36. The van der Waals surface area contributed by atoms with Gasteiger partial charge in [-0.25, -0.2) is 0 Å². The van der Waals surface area contributed by atoms with Crippen molar-refractivity contribution < 1.29 is 14.5 Å². The molecule has 126 valence electrons. The lowest BCUT2D eigenvalue weighted by molar-refractivity contribution is -0.383. The number of hydrogen-bond donors (Lipinski definition) is 0. The first-order valence-electron chi connectivity index (χ1n) is 7.64. The highest BCUT2D eigenvalue weighted by Gasteiger charge is 2.23. The Morgan fingerprint density at radius 2 is 2.00 bits per heavy atom. The van der Waals surface area contributed by atoms with Gasteiger partial charge in [-0.2, -0.15) is 0 Å². The van der Waals surface area contributed by atoms with Gasteiger partial charge < -0.3 is 14.5 Å². The summed E-state index contributed by atoms with van der Waals surface area (Å²) in [5.41, 5.74) is 0.979. The van der Waals surface area contributed by atoms with Gasteiger partial charge >= 0.3 is 0 Å². The number of methoxy groups -OCH3 is 1. The second-order valence-electron chi connectivity index (χ2n) is 5.58. The van der Waals surface area contributed by atoms with Gasteiger partial charge in [0.05, 0.1) is 10.3 Å². The van der Waals surface area contributed by atoms with Crippen LogP contribution in [0.2, 0.25) is 0 Å². The lowest BCUT2D eigenvalue weighted by Crippen LogP contribution is -2.49. The third-order valence-electron chi connectivity index (χ3n) is 4.21. The zero-order chi connectivity index (χ0) is 17.1. The van der Waals surface area contributed by atoms with Gasteiger partial charge in [0.15, 0.2) is 0 Å². The molecule has 1 saturated heterocycles. The fraction of sp³-hybridized carbons (Fsp3) is 0.375. The molecule has 0 spiro atoms. The number of nitrogens with zero attached hydrogens (tertiary/aromatic N) is 4. The minimum atomic E-state index is -0.394. The number of benzene rings is 1. The van der Waals surface area contributed by atoms with Crippen molar-refractivity contribution in [3.8, 4) is 0 Å². The molecule has 0 radical (unpaired) electrons. The highest BCUT2D eigenvalue weighted by atomic mass is 16.6. The van der Waals surface area contributed by atoms with E-state index in [0.29, 0.717) is 31.6 Å². The molecule has 3 rings (SSSR count). The van der Waals surface area contributed by atoms with Crippen molar-refractivity contribution in [1.82, 2.24) is 9.88 Å². The van der Waals surface area contributed by atoms with E-state index in [2.05, 4.69) is 9.88 Å². The van der Waals surface area contributed by atoms with Crippen LogP contribution in [0.1, 0.15) is 0 Å². The molecule has 2 aromatic rings. The number of carbonyl (C=O) groups excluding carboxylic acids is 1. The van der Waals surface area contributed by atoms with Gasteiger partial charge in [0, 0.05) is 62.8 Å². The Labute approximate surface area is 138 Å². The average Bonchev–Trinajstić information content (AvgIpc) is 2.61. The van der Waals surface area contributed by atoms with Crippen molar-refractivity contribution in [3.63, 3.8) is 0 Å². The minimum absolute atomic E-state index is 0.0186. The highest BCUT2D eigenvalue weighted by molar-refractivity contribution is 5.99. The second kappa shape index (κ2) is 6.79. The third kappa shape index (κ3) is 3.00. The maximum Gasteiger partial charge on any atom is 0.278 e. The fourth-order valence-electron chi connectivity index (χ4n) is 3.01. The number of amides is 1. The first kappa shape index (κ1) is 16.1. The number of rotatable bonds is 4. The van der Waals surface area contributed by atoms with Gasteiger partial charge in [-0.3, -0.25) is 19.9 Å². The van der Waals surface area contributed by atoms with Gasteiger partial charge in [0.1, 0.15) is 6.61 Å². The molecule has 24 heavy (non-hydrogen) atoms. The van der Waals surface area contributed by atoms with Crippen LogP contribution in [-0.4, -0.2) is 60.6 Å².